The third-order valence-corrected chi connectivity index (χ3v) is 11.2. The van der Waals surface area contributed by atoms with Crippen LogP contribution in [0.5, 0.6) is 0 Å². The van der Waals surface area contributed by atoms with Crippen LogP contribution >= 0.6 is 23.5 Å². The highest BCUT2D eigenvalue weighted by atomic mass is 32.2. The Hall–Kier alpha value is -3.45. The van der Waals surface area contributed by atoms with Crippen LogP contribution in [0.4, 0.5) is 0 Å². The van der Waals surface area contributed by atoms with Gasteiger partial charge in [0.05, 0.1) is 65.9 Å². The van der Waals surface area contributed by atoms with Crippen molar-refractivity contribution in [2.24, 2.45) is 17.8 Å². The average Bonchev–Trinajstić information content (AvgIpc) is 3.67. The number of hydrogen-bond donors (Lipinski definition) is 5. The zero-order chi connectivity index (χ0) is 32.0. The Morgan fingerprint density at radius 3 is 2.44 bits per heavy atom. The van der Waals surface area contributed by atoms with Gasteiger partial charge in [0.25, 0.3) is 0 Å². The molecule has 18 heteroatoms. The molecule has 1 aromatic heterocycles. The maximum Gasteiger partial charge on any atom is 0.353 e. The number of nitrogens with zero attached hydrogens (tertiary/aromatic N) is 5. The van der Waals surface area contributed by atoms with E-state index in [2.05, 4.69) is 10.3 Å². The molecule has 2 saturated heterocycles. The number of β-lactam (4-membered cyclic amide) rings is 2. The van der Waals surface area contributed by atoms with Crippen molar-refractivity contribution in [2.45, 2.75) is 69.8 Å². The molecule has 246 valence electrons. The molecule has 0 spiro atoms. The molecule has 2 amide bonds. The molecule has 6 rings (SSSR count). The second kappa shape index (κ2) is 13.5. The molecule has 5 aliphatic heterocycles. The van der Waals surface area contributed by atoms with Crippen LogP contribution in [0.25, 0.3) is 0 Å². The first-order valence-electron chi connectivity index (χ1n) is 14.2. The van der Waals surface area contributed by atoms with E-state index in [1.165, 1.54) is 33.3 Å². The molecular weight excluding hydrogens is 630 g/mol. The lowest BCUT2D eigenvalue weighted by Gasteiger charge is -2.47. The zero-order valence-electron chi connectivity index (χ0n) is 24.8. The van der Waals surface area contributed by atoms with Gasteiger partial charge in [-0.2, -0.15) is 9.36 Å². The Bertz CT molecular complexity index is 1420. The van der Waals surface area contributed by atoms with Gasteiger partial charge in [0, 0.05) is 34.4 Å². The fraction of sp³-hybridized carbons (Fsp3) is 0.593. The van der Waals surface area contributed by atoms with Crippen LogP contribution in [0.3, 0.4) is 0 Å². The van der Waals surface area contributed by atoms with Crippen molar-refractivity contribution >= 4 is 53.6 Å². The van der Waals surface area contributed by atoms with Gasteiger partial charge in [0.1, 0.15) is 12.2 Å². The Morgan fingerprint density at radius 2 is 1.87 bits per heavy atom. The number of carboxylic acids is 2. The van der Waals surface area contributed by atoms with Gasteiger partial charge in [-0.05, 0) is 18.8 Å². The third kappa shape index (κ3) is 5.96. The summed E-state index contributed by atoms with van der Waals surface area (Å²) in [5, 5.41) is 50.1. The topological polar surface area (TPSA) is 248 Å². The van der Waals surface area contributed by atoms with Gasteiger partial charge in [-0.3, -0.25) is 15.0 Å². The summed E-state index contributed by atoms with van der Waals surface area (Å²) in [5.41, 5.74) is 0.0378. The summed E-state index contributed by atoms with van der Waals surface area (Å²) in [5.74, 6) is -3.60. The molecule has 7 N–H and O–H groups in total. The van der Waals surface area contributed by atoms with Crippen LogP contribution in [0.2, 0.25) is 0 Å². The number of carboxylic acid groups (broad SMARTS) is 2. The van der Waals surface area contributed by atoms with Gasteiger partial charge in [-0.15, -0.1) is 23.5 Å². The predicted molar refractivity (Wildman–Crippen MR) is 159 cm³/mol. The third-order valence-electron chi connectivity index (χ3n) is 8.62. The van der Waals surface area contributed by atoms with Crippen LogP contribution in [0.1, 0.15) is 27.2 Å². The van der Waals surface area contributed by atoms with Gasteiger partial charge in [0.2, 0.25) is 18.1 Å². The molecule has 0 bridgehead atoms. The number of fused-ring (bicyclic) bond motifs is 3. The van der Waals surface area contributed by atoms with E-state index in [9.17, 15) is 39.6 Å². The number of aliphatic hydroxyl groups excluding tert-OH is 2. The maximum atomic E-state index is 12.3. The number of rotatable bonds is 11. The number of aliphatic carboxylic acids is 2. The Morgan fingerprint density at radius 1 is 1.20 bits per heavy atom. The Balaban J connectivity index is 0.000000204. The number of aromatic nitrogens is 3. The van der Waals surface area contributed by atoms with Crippen molar-refractivity contribution in [3.05, 3.63) is 33.9 Å². The number of carbonyl (C=O) groups excluding carboxylic acids is 3. The summed E-state index contributed by atoms with van der Waals surface area (Å²) in [6.07, 6.45) is 3.50. The van der Waals surface area contributed by atoms with Crippen molar-refractivity contribution in [3.63, 3.8) is 0 Å². The monoisotopic (exact) mass is 667 g/mol. The molecule has 0 saturated carbocycles. The molecule has 16 nitrogen and oxygen atoms in total. The van der Waals surface area contributed by atoms with Gasteiger partial charge in [0.15, 0.2) is 0 Å². The minimum atomic E-state index is -1.32. The highest BCUT2D eigenvalue weighted by molar-refractivity contribution is 8.03. The molecule has 45 heavy (non-hydrogen) atoms. The molecule has 6 heterocycles. The molecule has 0 radical (unpaired) electrons. The highest BCUT2D eigenvalue weighted by Gasteiger charge is 2.59. The number of aliphatic hydroxyl groups is 2. The number of thioether (sulfide) groups is 2. The fourth-order valence-corrected chi connectivity index (χ4v) is 9.22. The summed E-state index contributed by atoms with van der Waals surface area (Å²) in [7, 11) is 0. The fourth-order valence-electron chi connectivity index (χ4n) is 6.68. The van der Waals surface area contributed by atoms with E-state index in [-0.39, 0.29) is 51.9 Å². The second-order valence-corrected chi connectivity index (χ2v) is 13.9. The quantitative estimate of drug-likeness (QED) is 0.0525. The maximum absolute atomic E-state index is 12.3. The lowest BCUT2D eigenvalue weighted by atomic mass is 9.79. The van der Waals surface area contributed by atoms with Crippen molar-refractivity contribution in [3.8, 4) is 0 Å². The number of nitrogens with one attached hydrogen (secondary N) is 2. The van der Waals surface area contributed by atoms with E-state index < -0.39 is 36.0 Å². The molecule has 7 atom stereocenters. The van der Waals surface area contributed by atoms with E-state index in [1.54, 1.807) is 26.5 Å². The molecular formula is C27H37N7O9S2. The first-order valence-corrected chi connectivity index (χ1v) is 16.1. The Kier molecular flexibility index (Phi) is 10.3. The van der Waals surface area contributed by atoms with Crippen molar-refractivity contribution in [1.29, 1.82) is 5.41 Å². The summed E-state index contributed by atoms with van der Waals surface area (Å²) >= 11 is 2.88. The lowest BCUT2D eigenvalue weighted by Crippen LogP contribution is -2.64. The SMILES string of the molecule is C[C@@H](O)[C@H]1C(=O)N2C(C(=O)O)=C(SCCNC=N)C[C@H]12.C[C@@H](O)[C@H]1C(=O)N2C(C(=O)[O-])=C(SC3Cn4cnc[n+]4C3)[C@H](C)[C@H]12.O. The van der Waals surface area contributed by atoms with Crippen molar-refractivity contribution < 1.29 is 49.8 Å². The summed E-state index contributed by atoms with van der Waals surface area (Å²) in [4.78, 5) is 55.2. The minimum Gasteiger partial charge on any atom is -0.543 e. The first kappa shape index (κ1) is 34.4. The van der Waals surface area contributed by atoms with Gasteiger partial charge >= 0.3 is 12.3 Å². The summed E-state index contributed by atoms with van der Waals surface area (Å²) in [6, 6.07) is -0.519. The van der Waals surface area contributed by atoms with E-state index in [0.29, 0.717) is 28.5 Å². The molecule has 5 aliphatic rings. The largest absolute Gasteiger partial charge is 0.543 e. The van der Waals surface area contributed by atoms with Crippen molar-refractivity contribution in [1.82, 2.24) is 24.8 Å². The summed E-state index contributed by atoms with van der Waals surface area (Å²) in [6.45, 7) is 7.08. The van der Waals surface area contributed by atoms with Gasteiger partial charge < -0.3 is 45.8 Å². The van der Waals surface area contributed by atoms with Crippen molar-refractivity contribution in [2.75, 3.05) is 12.3 Å². The highest BCUT2D eigenvalue weighted by Crippen LogP contribution is 2.51. The van der Waals surface area contributed by atoms with E-state index in [4.69, 9.17) is 5.41 Å². The van der Waals surface area contributed by atoms with E-state index >= 15 is 0 Å². The van der Waals surface area contributed by atoms with Crippen LogP contribution in [0, 0.1) is 23.2 Å². The molecule has 0 aliphatic carbocycles. The molecule has 2 fully saturated rings. The second-order valence-electron chi connectivity index (χ2n) is 11.4. The predicted octanol–water partition coefficient (Wildman–Crippen LogP) is -2.90. The number of amides is 2. The first-order chi connectivity index (χ1) is 20.9. The van der Waals surface area contributed by atoms with Crippen LogP contribution < -0.4 is 15.1 Å². The van der Waals surface area contributed by atoms with Gasteiger partial charge in [-0.1, -0.05) is 6.92 Å². The Labute approximate surface area is 266 Å². The van der Waals surface area contributed by atoms with Crippen LogP contribution in [-0.4, -0.2) is 112 Å². The lowest BCUT2D eigenvalue weighted by molar-refractivity contribution is -0.758. The molecule has 0 unspecified atom stereocenters. The van der Waals surface area contributed by atoms with E-state index in [0.717, 1.165) is 19.4 Å². The summed E-state index contributed by atoms with van der Waals surface area (Å²) < 4.78 is 3.96. The van der Waals surface area contributed by atoms with Gasteiger partial charge in [-0.25, -0.2) is 4.79 Å². The molecule has 1 aromatic rings. The van der Waals surface area contributed by atoms with Crippen LogP contribution in [-0.2, 0) is 32.3 Å². The van der Waals surface area contributed by atoms with Crippen LogP contribution in [0.15, 0.2) is 33.9 Å². The standard InChI is InChI=1S/C15H18N4O4S.C12H17N3O4S.H2O/c1-7-11-10(8(2)20)14(21)19(11)12(15(22)23)13(7)24-9-3-17-5-16-6-18(17)4-9;1-6(16)9-7-4-8(20-3-2-14-5-13)10(12(18)19)15(7)11(9)17;/h5-11,20H,3-4H2,1-2H3;5-7,9,16H,2-4H2,1H3,(H2,13,14)(H,18,19);1H2/t7-,8-,10-,11-;6-,7-,9-;/m11./s1. The normalized spacial score (nSPS) is 29.0. The zero-order valence-corrected chi connectivity index (χ0v) is 26.5. The smallest absolute Gasteiger partial charge is 0.353 e. The number of carbonyl (C=O) groups is 4. The number of hydrogen-bond acceptors (Lipinski definition) is 11. The molecule has 0 aromatic carbocycles. The minimum absolute atomic E-state index is 0. The van der Waals surface area contributed by atoms with E-state index in [1.807, 2.05) is 16.3 Å². The average molecular weight is 668 g/mol.